The maximum atomic E-state index is 12.0. The summed E-state index contributed by atoms with van der Waals surface area (Å²) in [5.41, 5.74) is 10.6. The smallest absolute Gasteiger partial charge is 0.328 e. The highest BCUT2D eigenvalue weighted by Gasteiger charge is 2.42. The summed E-state index contributed by atoms with van der Waals surface area (Å²) in [5.74, 6) is -1.50. The number of hydrogen-bond acceptors (Lipinski definition) is 9. The predicted molar refractivity (Wildman–Crippen MR) is 77.7 cm³/mol. The summed E-state index contributed by atoms with van der Waals surface area (Å²) in [4.78, 5) is 23.4. The fourth-order valence-corrected chi connectivity index (χ4v) is 2.09. The number of aliphatic hydroxyl groups is 3. The third kappa shape index (κ3) is 5.09. The van der Waals surface area contributed by atoms with Crippen molar-refractivity contribution in [3.05, 3.63) is 0 Å². The predicted octanol–water partition coefficient (Wildman–Crippen LogP) is -3.60. The zero-order chi connectivity index (χ0) is 17.7. The Labute approximate surface area is 133 Å². The number of esters is 1. The Morgan fingerprint density at radius 2 is 1.87 bits per heavy atom. The lowest BCUT2D eigenvalue weighted by molar-refractivity contribution is -0.251. The molecule has 0 saturated carbocycles. The molecule has 0 bridgehead atoms. The van der Waals surface area contributed by atoms with Gasteiger partial charge in [0.25, 0.3) is 0 Å². The zero-order valence-electron chi connectivity index (χ0n) is 13.1. The molecule has 10 nitrogen and oxygen atoms in total. The lowest BCUT2D eigenvalue weighted by atomic mass is 9.98. The van der Waals surface area contributed by atoms with Gasteiger partial charge in [-0.2, -0.15) is 0 Å². The molecule has 1 heterocycles. The van der Waals surface area contributed by atoms with Gasteiger partial charge < -0.3 is 41.6 Å². The number of nitrogens with two attached hydrogens (primary N) is 2. The van der Waals surface area contributed by atoms with Crippen LogP contribution in [0.1, 0.15) is 13.8 Å². The first-order valence-electron chi connectivity index (χ1n) is 7.30. The minimum Gasteiger partial charge on any atom is -0.461 e. The number of aliphatic hydroxyl groups excluding tert-OH is 3. The van der Waals surface area contributed by atoms with Crippen LogP contribution in [0.3, 0.4) is 0 Å². The van der Waals surface area contributed by atoms with E-state index in [1.54, 1.807) is 13.8 Å². The summed E-state index contributed by atoms with van der Waals surface area (Å²) in [6.45, 7) is 2.74. The second-order valence-electron chi connectivity index (χ2n) is 5.75. The van der Waals surface area contributed by atoms with E-state index in [4.69, 9.17) is 20.9 Å². The van der Waals surface area contributed by atoms with E-state index in [9.17, 15) is 24.9 Å². The number of carbonyl (C=O) groups excluding carboxylic acids is 2. The maximum absolute atomic E-state index is 12.0. The average molecular weight is 335 g/mol. The Bertz CT molecular complexity index is 420. The Morgan fingerprint density at radius 3 is 2.39 bits per heavy atom. The molecule has 1 amide bonds. The van der Waals surface area contributed by atoms with Crippen molar-refractivity contribution in [1.29, 1.82) is 0 Å². The van der Waals surface area contributed by atoms with Crippen LogP contribution in [0.15, 0.2) is 0 Å². The van der Waals surface area contributed by atoms with Crippen LogP contribution in [0.25, 0.3) is 0 Å². The van der Waals surface area contributed by atoms with Gasteiger partial charge in [0.05, 0.1) is 12.6 Å². The van der Waals surface area contributed by atoms with E-state index < -0.39 is 55.2 Å². The van der Waals surface area contributed by atoms with Crippen molar-refractivity contribution in [1.82, 2.24) is 5.32 Å². The van der Waals surface area contributed by atoms with Gasteiger partial charge in [-0.15, -0.1) is 0 Å². The first-order chi connectivity index (χ1) is 10.7. The van der Waals surface area contributed by atoms with E-state index in [-0.39, 0.29) is 12.5 Å². The molecular formula is C13H25N3O7. The molecule has 23 heavy (non-hydrogen) atoms. The third-order valence-corrected chi connectivity index (χ3v) is 3.58. The Hall–Kier alpha value is -1.30. The first kappa shape index (κ1) is 19.7. The van der Waals surface area contributed by atoms with Crippen LogP contribution in [0.5, 0.6) is 0 Å². The highest BCUT2D eigenvalue weighted by Crippen LogP contribution is 2.19. The van der Waals surface area contributed by atoms with Crippen LogP contribution in [0.4, 0.5) is 0 Å². The van der Waals surface area contributed by atoms with Gasteiger partial charge in [-0.3, -0.25) is 4.79 Å². The van der Waals surface area contributed by atoms with Crippen LogP contribution in [-0.4, -0.2) is 77.0 Å². The molecule has 0 aliphatic carbocycles. The van der Waals surface area contributed by atoms with Crippen molar-refractivity contribution < 1.29 is 34.4 Å². The molecule has 8 N–H and O–H groups in total. The minimum absolute atomic E-state index is 0.250. The molecule has 6 atom stereocenters. The summed E-state index contributed by atoms with van der Waals surface area (Å²) in [6.07, 6.45) is -5.46. The molecule has 0 aromatic heterocycles. The molecule has 0 aromatic carbocycles. The van der Waals surface area contributed by atoms with Gasteiger partial charge in [0.15, 0.2) is 6.29 Å². The summed E-state index contributed by atoms with van der Waals surface area (Å²) < 4.78 is 10.0. The number of nitrogens with one attached hydrogen (secondary N) is 1. The summed E-state index contributed by atoms with van der Waals surface area (Å²) in [6, 6.07) is -2.08. The fraction of sp³-hybridized carbons (Fsp3) is 0.846. The van der Waals surface area contributed by atoms with Gasteiger partial charge in [-0.1, -0.05) is 13.8 Å². The molecule has 0 spiro atoms. The molecule has 1 rings (SSSR count). The normalized spacial score (nSPS) is 32.4. The van der Waals surface area contributed by atoms with Gasteiger partial charge in [0.1, 0.15) is 31.0 Å². The van der Waals surface area contributed by atoms with Crippen LogP contribution >= 0.6 is 0 Å². The highest BCUT2D eigenvalue weighted by molar-refractivity contribution is 5.85. The van der Waals surface area contributed by atoms with Crippen molar-refractivity contribution in [2.75, 3.05) is 13.2 Å². The number of hydrogen-bond donors (Lipinski definition) is 6. The van der Waals surface area contributed by atoms with Crippen LogP contribution in [-0.2, 0) is 19.1 Å². The Kier molecular flexibility index (Phi) is 7.32. The van der Waals surface area contributed by atoms with E-state index in [0.717, 1.165) is 0 Å². The summed E-state index contributed by atoms with van der Waals surface area (Å²) in [5, 5.41) is 31.4. The van der Waals surface area contributed by atoms with Gasteiger partial charge in [-0.25, -0.2) is 4.79 Å². The molecule has 0 aromatic rings. The van der Waals surface area contributed by atoms with Gasteiger partial charge in [0, 0.05) is 0 Å². The second-order valence-corrected chi connectivity index (χ2v) is 5.75. The Morgan fingerprint density at radius 1 is 1.26 bits per heavy atom. The fourth-order valence-electron chi connectivity index (χ4n) is 2.09. The molecule has 10 heteroatoms. The molecular weight excluding hydrogens is 310 g/mol. The van der Waals surface area contributed by atoms with Gasteiger partial charge in [0.2, 0.25) is 5.91 Å². The van der Waals surface area contributed by atoms with E-state index in [1.165, 1.54) is 0 Å². The van der Waals surface area contributed by atoms with E-state index in [0.29, 0.717) is 0 Å². The lowest BCUT2D eigenvalue weighted by Crippen LogP contribution is -2.62. The zero-order valence-corrected chi connectivity index (χ0v) is 13.1. The number of carbonyl (C=O) groups is 2. The molecule has 1 aliphatic heterocycles. The molecule has 0 radical (unpaired) electrons. The van der Waals surface area contributed by atoms with E-state index in [2.05, 4.69) is 5.32 Å². The van der Waals surface area contributed by atoms with Crippen molar-refractivity contribution >= 4 is 11.9 Å². The molecule has 1 aliphatic rings. The van der Waals surface area contributed by atoms with Gasteiger partial charge in [-0.05, 0) is 5.92 Å². The highest BCUT2D eigenvalue weighted by atomic mass is 16.6. The summed E-state index contributed by atoms with van der Waals surface area (Å²) in [7, 11) is 0. The molecule has 1 saturated heterocycles. The van der Waals surface area contributed by atoms with E-state index in [1.807, 2.05) is 0 Å². The van der Waals surface area contributed by atoms with Crippen LogP contribution in [0.2, 0.25) is 0 Å². The van der Waals surface area contributed by atoms with E-state index >= 15 is 0 Å². The monoisotopic (exact) mass is 335 g/mol. The standard InChI is InChI=1S/C13H25N3O7/c1-5(2)9(16-7(17)3-14)13(21)22-4-6-10(18)11(19)8(15)12(20)23-6/h5-6,8-12,18-20H,3-4,14-15H2,1-2H3,(H,16,17)/t6-,8-,9?,10-,11-,12-/m0/s1. The number of amides is 1. The third-order valence-electron chi connectivity index (χ3n) is 3.58. The van der Waals surface area contributed by atoms with Crippen molar-refractivity contribution in [2.24, 2.45) is 17.4 Å². The number of rotatable bonds is 6. The first-order valence-corrected chi connectivity index (χ1v) is 7.30. The van der Waals surface area contributed by atoms with Crippen LogP contribution < -0.4 is 16.8 Å². The minimum atomic E-state index is -1.49. The SMILES string of the molecule is CC(C)C(NC(=O)CN)C(=O)OC[C@@H]1O[C@H](O)[C@@H](N)[C@H](O)[C@H]1O. The van der Waals surface area contributed by atoms with Crippen molar-refractivity contribution in [3.8, 4) is 0 Å². The Balaban J connectivity index is 2.61. The molecule has 1 unspecified atom stereocenters. The van der Waals surface area contributed by atoms with Crippen molar-refractivity contribution in [2.45, 2.75) is 50.5 Å². The van der Waals surface area contributed by atoms with Gasteiger partial charge >= 0.3 is 5.97 Å². The van der Waals surface area contributed by atoms with Crippen LogP contribution in [0, 0.1) is 5.92 Å². The second kappa shape index (κ2) is 8.52. The average Bonchev–Trinajstić information content (AvgIpc) is 2.51. The van der Waals surface area contributed by atoms with Crippen molar-refractivity contribution in [3.63, 3.8) is 0 Å². The number of ether oxygens (including phenoxy) is 2. The summed E-state index contributed by atoms with van der Waals surface area (Å²) >= 11 is 0. The topological polar surface area (TPSA) is 177 Å². The molecule has 134 valence electrons. The maximum Gasteiger partial charge on any atom is 0.328 e. The quantitative estimate of drug-likeness (QED) is 0.267. The lowest BCUT2D eigenvalue weighted by Gasteiger charge is -2.38. The molecule has 1 fully saturated rings. The largest absolute Gasteiger partial charge is 0.461 e.